The molecule has 1 aromatic carbocycles. The van der Waals surface area contributed by atoms with Crippen LogP contribution >= 0.6 is 23.2 Å². The van der Waals surface area contributed by atoms with Gasteiger partial charge in [0.1, 0.15) is 0 Å². The molecule has 0 saturated carbocycles. The average molecular weight is 212 g/mol. The zero-order valence-electron chi connectivity index (χ0n) is 6.80. The molecule has 0 fully saturated rings. The zero-order valence-corrected chi connectivity index (χ0v) is 8.31. The lowest BCUT2D eigenvalue weighted by molar-refractivity contribution is 1.47. The van der Waals surface area contributed by atoms with Crippen molar-refractivity contribution >= 4 is 29.3 Å². The van der Waals surface area contributed by atoms with Crippen LogP contribution in [-0.2, 0) is 0 Å². The first-order valence-electron chi connectivity index (χ1n) is 3.70. The second-order valence-electron chi connectivity index (χ2n) is 2.40. The van der Waals surface area contributed by atoms with E-state index in [2.05, 4.69) is 6.07 Å². The Labute approximate surface area is 87.2 Å². The maximum atomic E-state index is 8.75. The number of benzene rings is 1. The maximum absolute atomic E-state index is 8.75. The minimum atomic E-state index is 0.428. The highest BCUT2D eigenvalue weighted by Crippen LogP contribution is 2.16. The third-order valence-electron chi connectivity index (χ3n) is 1.52. The van der Waals surface area contributed by atoms with E-state index in [4.69, 9.17) is 28.5 Å². The lowest BCUT2D eigenvalue weighted by atomic mass is 10.1. The highest BCUT2D eigenvalue weighted by molar-refractivity contribution is 6.30. The van der Waals surface area contributed by atoms with Crippen molar-refractivity contribution in [3.63, 3.8) is 0 Å². The lowest BCUT2D eigenvalue weighted by Crippen LogP contribution is -1.81. The van der Waals surface area contributed by atoms with Gasteiger partial charge in [0.25, 0.3) is 0 Å². The van der Waals surface area contributed by atoms with Crippen molar-refractivity contribution < 1.29 is 0 Å². The van der Waals surface area contributed by atoms with Gasteiger partial charge in [0.2, 0.25) is 0 Å². The molecule has 0 atom stereocenters. The molecule has 0 aliphatic heterocycles. The normalized spacial score (nSPS) is 10.2. The van der Waals surface area contributed by atoms with Crippen molar-refractivity contribution in [3.05, 3.63) is 40.4 Å². The summed E-state index contributed by atoms with van der Waals surface area (Å²) < 4.78 is 0. The van der Waals surface area contributed by atoms with Gasteiger partial charge in [0.15, 0.2) is 0 Å². The van der Waals surface area contributed by atoms with Crippen LogP contribution in [0.4, 0.5) is 0 Å². The van der Waals surface area contributed by atoms with Gasteiger partial charge in [-0.05, 0) is 23.8 Å². The predicted molar refractivity (Wildman–Crippen MR) is 55.9 cm³/mol. The van der Waals surface area contributed by atoms with Crippen LogP contribution in [0.15, 0.2) is 24.3 Å². The molecule has 1 rings (SSSR count). The largest absolute Gasteiger partial charge is 0.192 e. The monoisotopic (exact) mass is 211 g/mol. The van der Waals surface area contributed by atoms with Crippen LogP contribution in [0.3, 0.4) is 0 Å². The summed E-state index contributed by atoms with van der Waals surface area (Å²) in [6, 6.07) is 7.20. The van der Waals surface area contributed by atoms with Gasteiger partial charge in [0, 0.05) is 10.9 Å². The predicted octanol–water partition coefficient (Wildman–Crippen LogP) is 3.46. The topological polar surface area (TPSA) is 23.8 Å². The average Bonchev–Trinajstić information content (AvgIpc) is 2.15. The Kier molecular flexibility index (Phi) is 3.82. The quantitative estimate of drug-likeness (QED) is 0.688. The number of alkyl halides is 1. The number of hydrogen-bond acceptors (Lipinski definition) is 1. The van der Waals surface area contributed by atoms with E-state index < -0.39 is 0 Å². The van der Waals surface area contributed by atoms with E-state index >= 15 is 0 Å². The van der Waals surface area contributed by atoms with Crippen LogP contribution in [0.5, 0.6) is 0 Å². The summed E-state index contributed by atoms with van der Waals surface area (Å²) in [4.78, 5) is 0. The van der Waals surface area contributed by atoms with Gasteiger partial charge in [-0.3, -0.25) is 0 Å². The Bertz CT molecular complexity index is 364. The summed E-state index contributed by atoms with van der Waals surface area (Å²) in [6.45, 7) is 0. The van der Waals surface area contributed by atoms with Crippen LogP contribution in [0.25, 0.3) is 6.08 Å². The van der Waals surface area contributed by atoms with Gasteiger partial charge in [0.05, 0.1) is 11.6 Å². The second-order valence-corrected chi connectivity index (χ2v) is 3.15. The SMILES string of the molecule is N#Cc1ccc(Cl)cc1C=CCCl. The Hall–Kier alpha value is -0.970. The van der Waals surface area contributed by atoms with Gasteiger partial charge >= 0.3 is 0 Å². The molecule has 0 bridgehead atoms. The first-order chi connectivity index (χ1) is 6.27. The number of allylic oxidation sites excluding steroid dienone is 1. The number of halogens is 2. The minimum absolute atomic E-state index is 0.428. The maximum Gasteiger partial charge on any atom is 0.0997 e. The van der Waals surface area contributed by atoms with Crippen molar-refractivity contribution in [1.29, 1.82) is 5.26 Å². The van der Waals surface area contributed by atoms with Crippen molar-refractivity contribution in [2.75, 3.05) is 5.88 Å². The van der Waals surface area contributed by atoms with E-state index in [0.717, 1.165) is 5.56 Å². The molecule has 0 heterocycles. The summed E-state index contributed by atoms with van der Waals surface area (Å²) in [5.74, 6) is 0.428. The van der Waals surface area contributed by atoms with E-state index in [9.17, 15) is 0 Å². The van der Waals surface area contributed by atoms with Crippen LogP contribution < -0.4 is 0 Å². The molecule has 0 radical (unpaired) electrons. The second kappa shape index (κ2) is 4.91. The van der Waals surface area contributed by atoms with Gasteiger partial charge in [-0.2, -0.15) is 5.26 Å². The molecule has 0 saturated heterocycles. The molecule has 0 unspecified atom stereocenters. The van der Waals surface area contributed by atoms with Crippen molar-refractivity contribution in [2.45, 2.75) is 0 Å². The molecule has 1 nitrogen and oxygen atoms in total. The molecule has 0 aromatic heterocycles. The summed E-state index contributed by atoms with van der Waals surface area (Å²) in [6.07, 6.45) is 3.56. The fourth-order valence-electron chi connectivity index (χ4n) is 0.945. The zero-order chi connectivity index (χ0) is 9.68. The van der Waals surface area contributed by atoms with E-state index in [0.29, 0.717) is 16.5 Å². The standard InChI is InChI=1S/C10H7Cl2N/c11-5-1-2-8-6-10(12)4-3-9(8)7-13/h1-4,6H,5H2. The van der Waals surface area contributed by atoms with E-state index in [1.165, 1.54) is 0 Å². The Morgan fingerprint density at radius 3 is 2.85 bits per heavy atom. The highest BCUT2D eigenvalue weighted by Gasteiger charge is 1.98. The van der Waals surface area contributed by atoms with Gasteiger partial charge in [-0.1, -0.05) is 23.8 Å². The first kappa shape index (κ1) is 10.1. The van der Waals surface area contributed by atoms with Crippen molar-refractivity contribution in [1.82, 2.24) is 0 Å². The van der Waals surface area contributed by atoms with Gasteiger partial charge in [-0.15, -0.1) is 11.6 Å². The summed E-state index contributed by atoms with van der Waals surface area (Å²) >= 11 is 11.3. The van der Waals surface area contributed by atoms with Crippen LogP contribution in [0.1, 0.15) is 11.1 Å². The molecule has 66 valence electrons. The molecule has 0 aliphatic carbocycles. The molecule has 0 N–H and O–H groups in total. The Morgan fingerprint density at radius 2 is 2.23 bits per heavy atom. The lowest BCUT2D eigenvalue weighted by Gasteiger charge is -1.97. The van der Waals surface area contributed by atoms with E-state index in [-0.39, 0.29) is 0 Å². The fourth-order valence-corrected chi connectivity index (χ4v) is 1.21. The van der Waals surface area contributed by atoms with E-state index in [1.807, 2.05) is 0 Å². The summed E-state index contributed by atoms with van der Waals surface area (Å²) in [5.41, 5.74) is 1.40. The fraction of sp³-hybridized carbons (Fsp3) is 0.100. The molecule has 0 amide bonds. The Balaban J connectivity index is 3.10. The number of hydrogen-bond donors (Lipinski definition) is 0. The summed E-state index contributed by atoms with van der Waals surface area (Å²) in [5, 5.41) is 9.37. The smallest absolute Gasteiger partial charge is 0.0997 e. The van der Waals surface area contributed by atoms with Crippen molar-refractivity contribution in [2.24, 2.45) is 0 Å². The third kappa shape index (κ3) is 2.77. The number of nitrogens with zero attached hydrogens (tertiary/aromatic N) is 1. The van der Waals surface area contributed by atoms with E-state index in [1.54, 1.807) is 30.4 Å². The molecule has 3 heteroatoms. The first-order valence-corrected chi connectivity index (χ1v) is 4.61. The summed E-state index contributed by atoms with van der Waals surface area (Å²) in [7, 11) is 0. The van der Waals surface area contributed by atoms with Gasteiger partial charge in [-0.25, -0.2) is 0 Å². The molecule has 1 aromatic rings. The molecule has 0 spiro atoms. The molecular weight excluding hydrogens is 205 g/mol. The molecular formula is C10H7Cl2N. The number of rotatable bonds is 2. The van der Waals surface area contributed by atoms with Gasteiger partial charge < -0.3 is 0 Å². The van der Waals surface area contributed by atoms with Crippen LogP contribution in [0.2, 0.25) is 5.02 Å². The van der Waals surface area contributed by atoms with Crippen LogP contribution in [0, 0.1) is 11.3 Å². The van der Waals surface area contributed by atoms with Crippen LogP contribution in [-0.4, -0.2) is 5.88 Å². The van der Waals surface area contributed by atoms with Crippen molar-refractivity contribution in [3.8, 4) is 6.07 Å². The number of nitriles is 1. The molecule has 0 aliphatic rings. The Morgan fingerprint density at radius 1 is 1.46 bits per heavy atom. The highest BCUT2D eigenvalue weighted by atomic mass is 35.5. The molecule has 13 heavy (non-hydrogen) atoms. The minimum Gasteiger partial charge on any atom is -0.192 e. The third-order valence-corrected chi connectivity index (χ3v) is 1.93.